The van der Waals surface area contributed by atoms with Crippen molar-refractivity contribution >= 4 is 6.03 Å². The largest absolute Gasteiger partial charge is 0.419 e. The predicted molar refractivity (Wildman–Crippen MR) is 70.2 cm³/mol. The fourth-order valence-electron chi connectivity index (χ4n) is 1.49. The van der Waals surface area contributed by atoms with Crippen LogP contribution in [0.1, 0.15) is 19.7 Å². The molecule has 0 aliphatic rings. The molecule has 0 radical (unpaired) electrons. The molecule has 0 saturated carbocycles. The van der Waals surface area contributed by atoms with Gasteiger partial charge in [-0.15, -0.1) is 10.2 Å². The van der Waals surface area contributed by atoms with E-state index < -0.39 is 0 Å². The van der Waals surface area contributed by atoms with E-state index in [1.165, 1.54) is 0 Å². The van der Waals surface area contributed by atoms with Crippen LogP contribution < -0.4 is 10.6 Å². The lowest BCUT2D eigenvalue weighted by atomic mass is 10.2. The van der Waals surface area contributed by atoms with E-state index in [1.807, 2.05) is 44.2 Å². The number of urea groups is 1. The molecule has 6 nitrogen and oxygen atoms in total. The Labute approximate surface area is 111 Å². The van der Waals surface area contributed by atoms with Gasteiger partial charge in [-0.3, -0.25) is 0 Å². The Kier molecular flexibility index (Phi) is 4.12. The first-order valence-corrected chi connectivity index (χ1v) is 6.07. The van der Waals surface area contributed by atoms with Crippen LogP contribution in [0, 0.1) is 0 Å². The first kappa shape index (κ1) is 13.1. The number of nitrogens with zero attached hydrogens (tertiary/aromatic N) is 2. The second-order valence-electron chi connectivity index (χ2n) is 4.35. The molecule has 0 saturated heterocycles. The Hall–Kier alpha value is -2.37. The smallest absolute Gasteiger partial charge is 0.315 e. The monoisotopic (exact) mass is 260 g/mol. The summed E-state index contributed by atoms with van der Waals surface area (Å²) in [4.78, 5) is 11.4. The molecule has 100 valence electrons. The standard InChI is InChI=1S/C13H16N4O2/c1-9(2)15-13(18)14-8-11-16-17-12(19-11)10-6-4-3-5-7-10/h3-7,9H,8H2,1-2H3,(H2,14,15,18). The van der Waals surface area contributed by atoms with E-state index in [0.29, 0.717) is 11.8 Å². The zero-order valence-electron chi connectivity index (χ0n) is 10.9. The zero-order chi connectivity index (χ0) is 13.7. The van der Waals surface area contributed by atoms with Crippen LogP contribution in [0.3, 0.4) is 0 Å². The van der Waals surface area contributed by atoms with Crippen molar-refractivity contribution in [3.63, 3.8) is 0 Å². The van der Waals surface area contributed by atoms with Gasteiger partial charge in [0.05, 0.1) is 6.54 Å². The van der Waals surface area contributed by atoms with Crippen LogP contribution in [0.4, 0.5) is 4.79 Å². The molecular formula is C13H16N4O2. The van der Waals surface area contributed by atoms with E-state index in [4.69, 9.17) is 4.42 Å². The third-order valence-electron chi connectivity index (χ3n) is 2.31. The Balaban J connectivity index is 1.93. The van der Waals surface area contributed by atoms with Crippen LogP contribution >= 0.6 is 0 Å². The fourth-order valence-corrected chi connectivity index (χ4v) is 1.49. The number of aromatic nitrogens is 2. The number of carbonyl (C=O) groups is 1. The highest BCUT2D eigenvalue weighted by Gasteiger charge is 2.09. The molecule has 2 amide bonds. The van der Waals surface area contributed by atoms with Gasteiger partial charge >= 0.3 is 6.03 Å². The highest BCUT2D eigenvalue weighted by molar-refractivity contribution is 5.73. The molecule has 1 heterocycles. The molecule has 0 unspecified atom stereocenters. The van der Waals surface area contributed by atoms with Crippen LogP contribution in [-0.2, 0) is 6.54 Å². The van der Waals surface area contributed by atoms with Gasteiger partial charge in [-0.1, -0.05) is 18.2 Å². The number of amides is 2. The Morgan fingerprint density at radius 3 is 2.68 bits per heavy atom. The summed E-state index contributed by atoms with van der Waals surface area (Å²) in [5.41, 5.74) is 0.855. The molecule has 1 aromatic carbocycles. The third kappa shape index (κ3) is 3.80. The van der Waals surface area contributed by atoms with Gasteiger partial charge < -0.3 is 15.1 Å². The third-order valence-corrected chi connectivity index (χ3v) is 2.31. The molecular weight excluding hydrogens is 244 g/mol. The molecule has 2 N–H and O–H groups in total. The summed E-state index contributed by atoms with van der Waals surface area (Å²) in [5.74, 6) is 0.819. The number of nitrogens with one attached hydrogen (secondary N) is 2. The van der Waals surface area contributed by atoms with Gasteiger partial charge in [0.1, 0.15) is 0 Å². The number of hydrogen-bond acceptors (Lipinski definition) is 4. The van der Waals surface area contributed by atoms with Crippen molar-refractivity contribution in [3.05, 3.63) is 36.2 Å². The average Bonchev–Trinajstić information content (AvgIpc) is 2.85. The number of hydrogen-bond donors (Lipinski definition) is 2. The van der Waals surface area contributed by atoms with Gasteiger partial charge in [0.25, 0.3) is 0 Å². The van der Waals surface area contributed by atoms with Gasteiger partial charge in [0.2, 0.25) is 11.8 Å². The highest BCUT2D eigenvalue weighted by Crippen LogP contribution is 2.16. The maximum absolute atomic E-state index is 11.4. The van der Waals surface area contributed by atoms with Crippen molar-refractivity contribution in [3.8, 4) is 11.5 Å². The molecule has 0 aliphatic heterocycles. The van der Waals surface area contributed by atoms with Gasteiger partial charge in [0.15, 0.2) is 0 Å². The molecule has 19 heavy (non-hydrogen) atoms. The minimum atomic E-state index is -0.255. The van der Waals surface area contributed by atoms with Crippen LogP contribution in [-0.4, -0.2) is 22.3 Å². The predicted octanol–water partition coefficient (Wildman–Crippen LogP) is 1.94. The minimum absolute atomic E-state index is 0.0857. The van der Waals surface area contributed by atoms with Crippen LogP contribution in [0.25, 0.3) is 11.5 Å². The Bertz CT molecular complexity index is 537. The molecule has 0 bridgehead atoms. The van der Waals surface area contributed by atoms with E-state index in [0.717, 1.165) is 5.56 Å². The first-order chi connectivity index (χ1) is 9.15. The summed E-state index contributed by atoms with van der Waals surface area (Å²) in [7, 11) is 0. The maximum Gasteiger partial charge on any atom is 0.315 e. The number of rotatable bonds is 4. The number of benzene rings is 1. The summed E-state index contributed by atoms with van der Waals surface area (Å²) in [6.45, 7) is 3.98. The van der Waals surface area contributed by atoms with Crippen molar-refractivity contribution < 1.29 is 9.21 Å². The van der Waals surface area contributed by atoms with Gasteiger partial charge in [-0.05, 0) is 26.0 Å². The summed E-state index contributed by atoms with van der Waals surface area (Å²) in [6, 6.07) is 9.31. The quantitative estimate of drug-likeness (QED) is 0.880. The second kappa shape index (κ2) is 5.99. The van der Waals surface area contributed by atoms with E-state index in [1.54, 1.807) is 0 Å². The van der Waals surface area contributed by atoms with Crippen molar-refractivity contribution in [1.29, 1.82) is 0 Å². The average molecular weight is 260 g/mol. The number of carbonyl (C=O) groups excluding carboxylic acids is 1. The van der Waals surface area contributed by atoms with E-state index in [2.05, 4.69) is 20.8 Å². The second-order valence-corrected chi connectivity index (χ2v) is 4.35. The fraction of sp³-hybridized carbons (Fsp3) is 0.308. The summed E-state index contributed by atoms with van der Waals surface area (Å²) in [5, 5.41) is 13.2. The van der Waals surface area contributed by atoms with E-state index in [-0.39, 0.29) is 18.6 Å². The Morgan fingerprint density at radius 2 is 2.00 bits per heavy atom. The van der Waals surface area contributed by atoms with Crippen LogP contribution in [0.5, 0.6) is 0 Å². The van der Waals surface area contributed by atoms with E-state index in [9.17, 15) is 4.79 Å². The first-order valence-electron chi connectivity index (χ1n) is 6.07. The maximum atomic E-state index is 11.4. The lowest BCUT2D eigenvalue weighted by Gasteiger charge is -2.08. The summed E-state index contributed by atoms with van der Waals surface area (Å²) < 4.78 is 5.46. The molecule has 0 spiro atoms. The van der Waals surface area contributed by atoms with Crippen LogP contribution in [0.15, 0.2) is 34.7 Å². The zero-order valence-corrected chi connectivity index (χ0v) is 10.9. The normalized spacial score (nSPS) is 10.5. The molecule has 0 atom stereocenters. The molecule has 2 aromatic rings. The minimum Gasteiger partial charge on any atom is -0.419 e. The summed E-state index contributed by atoms with van der Waals surface area (Å²) in [6.07, 6.45) is 0. The molecule has 1 aromatic heterocycles. The lowest BCUT2D eigenvalue weighted by Crippen LogP contribution is -2.39. The topological polar surface area (TPSA) is 80.0 Å². The molecule has 2 rings (SSSR count). The highest BCUT2D eigenvalue weighted by atomic mass is 16.4. The van der Waals surface area contributed by atoms with Crippen molar-refractivity contribution in [2.45, 2.75) is 26.4 Å². The SMILES string of the molecule is CC(C)NC(=O)NCc1nnc(-c2ccccc2)o1. The van der Waals surface area contributed by atoms with Gasteiger partial charge in [-0.2, -0.15) is 0 Å². The summed E-state index contributed by atoms with van der Waals surface area (Å²) >= 11 is 0. The van der Waals surface area contributed by atoms with E-state index >= 15 is 0 Å². The van der Waals surface area contributed by atoms with Gasteiger partial charge in [-0.25, -0.2) is 4.79 Å². The lowest BCUT2D eigenvalue weighted by molar-refractivity contribution is 0.237. The Morgan fingerprint density at radius 1 is 1.26 bits per heavy atom. The molecule has 0 fully saturated rings. The molecule has 0 aliphatic carbocycles. The van der Waals surface area contributed by atoms with Crippen molar-refractivity contribution in [2.24, 2.45) is 0 Å². The van der Waals surface area contributed by atoms with Crippen LogP contribution in [0.2, 0.25) is 0 Å². The molecule has 6 heteroatoms. The van der Waals surface area contributed by atoms with Gasteiger partial charge in [0, 0.05) is 11.6 Å². The van der Waals surface area contributed by atoms with Crippen molar-refractivity contribution in [2.75, 3.05) is 0 Å². The van der Waals surface area contributed by atoms with Crippen molar-refractivity contribution in [1.82, 2.24) is 20.8 Å².